The zero-order chi connectivity index (χ0) is 46.0. The van der Waals surface area contributed by atoms with Crippen molar-refractivity contribution in [3.8, 4) is 0 Å². The van der Waals surface area contributed by atoms with Crippen LogP contribution in [0.5, 0.6) is 0 Å². The van der Waals surface area contributed by atoms with Crippen molar-refractivity contribution in [3.05, 3.63) is 138 Å². The number of nitrogens with one attached hydrogen (secondary N) is 4. The number of anilines is 4. The summed E-state index contributed by atoms with van der Waals surface area (Å²) in [7, 11) is 0. The smallest absolute Gasteiger partial charge is 0.258 e. The number of azo groups is 2. The Hall–Kier alpha value is -5.45. The number of aryl methyl sites for hydroxylation is 1. The summed E-state index contributed by atoms with van der Waals surface area (Å²) in [6, 6.07) is 18.9. The van der Waals surface area contributed by atoms with Crippen LogP contribution < -0.4 is 21.3 Å². The van der Waals surface area contributed by atoms with Gasteiger partial charge in [0, 0.05) is 27.3 Å². The lowest BCUT2D eigenvalue weighted by Crippen LogP contribution is -2.32. The lowest BCUT2D eigenvalue weighted by Gasteiger charge is -2.16. The molecule has 63 heavy (non-hydrogen) atoms. The fourth-order valence-corrected chi connectivity index (χ4v) is 7.11. The van der Waals surface area contributed by atoms with Crippen molar-refractivity contribution in [2.24, 2.45) is 20.5 Å². The highest BCUT2D eigenvalue weighted by molar-refractivity contribution is 6.39. The number of amides is 4. The molecule has 0 saturated carbocycles. The Morgan fingerprint density at radius 3 is 1.41 bits per heavy atom. The average molecular weight is 992 g/mol. The van der Waals surface area contributed by atoms with E-state index in [1.54, 1.807) is 12.1 Å². The molecule has 14 nitrogen and oxygen atoms in total. The first kappa shape index (κ1) is 48.6. The number of carbonyl (C=O) groups excluding carboxylic acids is 6. The lowest BCUT2D eigenvalue weighted by molar-refractivity contribution is -0.127. The molecule has 21 heteroatoms. The van der Waals surface area contributed by atoms with Crippen molar-refractivity contribution < 1.29 is 28.8 Å². The molecule has 0 heterocycles. The second-order valence-electron chi connectivity index (χ2n) is 13.2. The summed E-state index contributed by atoms with van der Waals surface area (Å²) >= 11 is 43.3. The number of ketones is 2. The second kappa shape index (κ2) is 22.3. The van der Waals surface area contributed by atoms with Crippen LogP contribution in [0.4, 0.5) is 34.1 Å². The van der Waals surface area contributed by atoms with E-state index in [1.807, 2.05) is 0 Å². The Labute approximate surface area is 394 Å². The van der Waals surface area contributed by atoms with Gasteiger partial charge in [-0.15, -0.1) is 11.6 Å². The predicted molar refractivity (Wildman–Crippen MR) is 248 cm³/mol. The second-order valence-corrected chi connectivity index (χ2v) is 16.0. The van der Waals surface area contributed by atoms with Gasteiger partial charge in [-0.05, 0) is 105 Å². The van der Waals surface area contributed by atoms with Gasteiger partial charge in [0.15, 0.2) is 11.6 Å². The zero-order valence-electron chi connectivity index (χ0n) is 32.6. The van der Waals surface area contributed by atoms with Gasteiger partial charge in [0.2, 0.25) is 12.1 Å². The van der Waals surface area contributed by atoms with Crippen LogP contribution in [0.3, 0.4) is 0 Å². The average Bonchev–Trinajstić information content (AvgIpc) is 3.22. The molecule has 0 saturated heterocycles. The van der Waals surface area contributed by atoms with Crippen molar-refractivity contribution in [2.45, 2.75) is 32.4 Å². The van der Waals surface area contributed by atoms with E-state index >= 15 is 0 Å². The van der Waals surface area contributed by atoms with Gasteiger partial charge in [-0.25, -0.2) is 0 Å². The van der Waals surface area contributed by atoms with Gasteiger partial charge < -0.3 is 21.3 Å². The summed E-state index contributed by atoms with van der Waals surface area (Å²) in [6.07, 6.45) is 0.196. The maximum absolute atomic E-state index is 13.4. The molecule has 0 spiro atoms. The van der Waals surface area contributed by atoms with Gasteiger partial charge in [-0.1, -0.05) is 81.7 Å². The van der Waals surface area contributed by atoms with Crippen LogP contribution in [0.15, 0.2) is 111 Å². The highest BCUT2D eigenvalue weighted by Gasteiger charge is 2.27. The third-order valence-corrected chi connectivity index (χ3v) is 10.7. The third kappa shape index (κ3) is 12.8. The first-order chi connectivity index (χ1) is 30.0. The topological polar surface area (TPSA) is 200 Å². The van der Waals surface area contributed by atoms with Crippen molar-refractivity contribution in [3.63, 3.8) is 0 Å². The third-order valence-electron chi connectivity index (χ3n) is 8.63. The first-order valence-corrected chi connectivity index (χ1v) is 21.0. The van der Waals surface area contributed by atoms with E-state index in [2.05, 4.69) is 41.7 Å². The number of hydrogen-bond acceptors (Lipinski definition) is 10. The SMILES string of the molecule is CC(=O)C(N=Nc1cccc(C(=O)Nc2ccc(Cl)cc2Cl)c1Cl)C(=O)Nc1ccc(NC(=O)C(N=Nc2cccc(C(=O)Nc3ccc(Cl)cc3Cl)c2Cl)C(C)=O)c(CCCl)c1. The van der Waals surface area contributed by atoms with E-state index in [-0.39, 0.29) is 77.6 Å². The standard InChI is InChI=1S/C42H31Cl7N8O6/c1-20(58)37(56-54-33-7-3-5-26(35(33)48)39(60)52-31-12-9-23(44)18-28(31)46)41(62)50-25-11-14-30(22(17-25)15-16-43)51-42(63)38(21(2)59)57-55-34-8-4-6-27(36(34)49)40(61)53-32-13-10-24(45)19-29(32)47/h3-14,17-19,37-38H,15-16H2,1-2H3,(H,50,62)(H,51,63)(H,52,60)(H,53,61). The van der Waals surface area contributed by atoms with Crippen molar-refractivity contribution in [2.75, 3.05) is 27.1 Å². The molecule has 5 aromatic rings. The molecular formula is C42H31Cl7N8O6. The molecule has 0 radical (unpaired) electrons. The van der Waals surface area contributed by atoms with Crippen LogP contribution in [0.1, 0.15) is 40.1 Å². The molecule has 4 N–H and O–H groups in total. The summed E-state index contributed by atoms with van der Waals surface area (Å²) in [5, 5.41) is 27.4. The summed E-state index contributed by atoms with van der Waals surface area (Å²) in [5.41, 5.74) is 1.47. The number of halogens is 7. The van der Waals surface area contributed by atoms with Crippen LogP contribution >= 0.6 is 81.2 Å². The Morgan fingerprint density at radius 2 is 0.984 bits per heavy atom. The van der Waals surface area contributed by atoms with Crippen LogP contribution in [0.25, 0.3) is 0 Å². The lowest BCUT2D eigenvalue weighted by atomic mass is 10.1. The van der Waals surface area contributed by atoms with Crippen LogP contribution in [-0.4, -0.2) is 53.2 Å². The van der Waals surface area contributed by atoms with Crippen molar-refractivity contribution in [1.82, 2.24) is 0 Å². The molecule has 5 rings (SSSR count). The fourth-order valence-electron chi connectivity index (χ4n) is 5.50. The molecule has 2 atom stereocenters. The number of Topliss-reactive ketones (excluding diaryl/α,β-unsaturated/α-hetero) is 2. The number of hydrogen-bond donors (Lipinski definition) is 4. The highest BCUT2D eigenvalue weighted by atomic mass is 35.5. The van der Waals surface area contributed by atoms with Crippen molar-refractivity contribution in [1.29, 1.82) is 0 Å². The van der Waals surface area contributed by atoms with Gasteiger partial charge in [0.05, 0.1) is 42.6 Å². The fraction of sp³-hybridized carbons (Fsp3) is 0.143. The molecule has 2 unspecified atom stereocenters. The maximum Gasteiger partial charge on any atom is 0.258 e. The number of carbonyl (C=O) groups is 6. The van der Waals surface area contributed by atoms with E-state index in [0.29, 0.717) is 15.6 Å². The van der Waals surface area contributed by atoms with Crippen LogP contribution in [-0.2, 0) is 25.6 Å². The van der Waals surface area contributed by atoms with E-state index in [0.717, 1.165) is 13.8 Å². The number of nitrogens with zero attached hydrogens (tertiary/aromatic N) is 4. The van der Waals surface area contributed by atoms with Gasteiger partial charge in [-0.2, -0.15) is 20.5 Å². The molecule has 0 fully saturated rings. The van der Waals surface area contributed by atoms with Gasteiger partial charge in [0.1, 0.15) is 11.4 Å². The molecule has 5 aromatic carbocycles. The molecule has 0 aliphatic heterocycles. The van der Waals surface area contributed by atoms with Gasteiger partial charge >= 0.3 is 0 Å². The number of rotatable bonds is 16. The Kier molecular flexibility index (Phi) is 17.2. The summed E-state index contributed by atoms with van der Waals surface area (Å²) in [4.78, 5) is 78.1. The van der Waals surface area contributed by atoms with E-state index in [9.17, 15) is 28.8 Å². The largest absolute Gasteiger partial charge is 0.324 e. The molecule has 0 aliphatic rings. The van der Waals surface area contributed by atoms with E-state index in [4.69, 9.17) is 81.2 Å². The minimum atomic E-state index is -1.64. The molecule has 0 aromatic heterocycles. The zero-order valence-corrected chi connectivity index (χ0v) is 37.9. The Balaban J connectivity index is 1.28. The summed E-state index contributed by atoms with van der Waals surface area (Å²) < 4.78 is 0. The molecule has 0 bridgehead atoms. The molecular weight excluding hydrogens is 961 g/mol. The van der Waals surface area contributed by atoms with Crippen LogP contribution in [0.2, 0.25) is 30.1 Å². The quantitative estimate of drug-likeness (QED) is 0.0430. The molecule has 4 amide bonds. The van der Waals surface area contributed by atoms with Gasteiger partial charge in [0.25, 0.3) is 23.6 Å². The Bertz CT molecular complexity index is 2700. The monoisotopic (exact) mass is 988 g/mol. The normalized spacial score (nSPS) is 12.1. The van der Waals surface area contributed by atoms with Crippen molar-refractivity contribution >= 4 is 151 Å². The molecule has 324 valence electrons. The minimum Gasteiger partial charge on any atom is -0.324 e. The summed E-state index contributed by atoms with van der Waals surface area (Å²) in [5.74, 6) is -4.17. The number of benzene rings is 5. The first-order valence-electron chi connectivity index (χ1n) is 18.2. The van der Waals surface area contributed by atoms with E-state index < -0.39 is 47.3 Å². The highest BCUT2D eigenvalue weighted by Crippen LogP contribution is 2.33. The minimum absolute atomic E-state index is 0.00142. The Morgan fingerprint density at radius 1 is 0.540 bits per heavy atom. The van der Waals surface area contributed by atoms with Gasteiger partial charge in [-0.3, -0.25) is 28.8 Å². The van der Waals surface area contributed by atoms with Crippen LogP contribution in [0, 0.1) is 0 Å². The maximum atomic E-state index is 13.4. The number of alkyl halides is 1. The summed E-state index contributed by atoms with van der Waals surface area (Å²) in [6.45, 7) is 2.29. The predicted octanol–water partition coefficient (Wildman–Crippen LogP) is 12.3. The molecule has 0 aliphatic carbocycles. The van der Waals surface area contributed by atoms with E-state index in [1.165, 1.54) is 78.9 Å².